The van der Waals surface area contributed by atoms with Crippen LogP contribution in [0.2, 0.25) is 0 Å². The molecule has 0 saturated heterocycles. The van der Waals surface area contributed by atoms with Crippen molar-refractivity contribution in [3.8, 4) is 5.69 Å². The number of amides is 1. The maximum absolute atomic E-state index is 12.8. The Bertz CT molecular complexity index is 1280. The average molecular weight is 373 g/mol. The fourth-order valence-electron chi connectivity index (χ4n) is 3.12. The van der Waals surface area contributed by atoms with Crippen molar-refractivity contribution in [2.45, 2.75) is 6.92 Å². The Morgan fingerprint density at radius 3 is 2.70 bits per heavy atom. The molecule has 0 aliphatic carbocycles. The molecule has 1 amide bonds. The second kappa shape index (κ2) is 6.07. The highest BCUT2D eigenvalue weighted by Crippen LogP contribution is 2.30. The number of nitrogens with zero attached hydrogens (tertiary/aromatic N) is 4. The lowest BCUT2D eigenvalue weighted by molar-refractivity contribution is 0.101. The van der Waals surface area contributed by atoms with Crippen LogP contribution in [0.25, 0.3) is 26.9 Å². The molecule has 7 heteroatoms. The summed E-state index contributed by atoms with van der Waals surface area (Å²) in [6.45, 7) is 1.96. The van der Waals surface area contributed by atoms with Crippen molar-refractivity contribution in [2.75, 3.05) is 5.43 Å². The fraction of sp³-hybridized carbons (Fsp3) is 0.0500. The van der Waals surface area contributed by atoms with Crippen LogP contribution in [-0.2, 0) is 0 Å². The van der Waals surface area contributed by atoms with E-state index in [0.717, 1.165) is 32.6 Å². The Hall–Kier alpha value is -3.45. The lowest BCUT2D eigenvalue weighted by atomic mass is 10.3. The van der Waals surface area contributed by atoms with Crippen molar-refractivity contribution < 1.29 is 4.79 Å². The molecule has 5 aromatic rings. The quantitative estimate of drug-likeness (QED) is 0.517. The minimum absolute atomic E-state index is 0.168. The van der Waals surface area contributed by atoms with Gasteiger partial charge in [-0.1, -0.05) is 30.3 Å². The van der Waals surface area contributed by atoms with Gasteiger partial charge in [0, 0.05) is 5.39 Å². The third kappa shape index (κ3) is 2.60. The summed E-state index contributed by atoms with van der Waals surface area (Å²) in [6, 6.07) is 19.5. The Labute approximate surface area is 158 Å². The lowest BCUT2D eigenvalue weighted by Gasteiger charge is -2.05. The molecule has 132 valence electrons. The topological polar surface area (TPSA) is 64.7 Å². The first-order valence-electron chi connectivity index (χ1n) is 8.49. The number of nitrogens with one attached hydrogen (secondary N) is 1. The summed E-state index contributed by atoms with van der Waals surface area (Å²) in [6.07, 6.45) is 1.62. The third-order valence-corrected chi connectivity index (χ3v) is 5.55. The molecule has 3 heterocycles. The molecule has 27 heavy (non-hydrogen) atoms. The monoisotopic (exact) mass is 373 g/mol. The maximum Gasteiger partial charge on any atom is 0.280 e. The first-order chi connectivity index (χ1) is 13.2. The van der Waals surface area contributed by atoms with Gasteiger partial charge in [-0.05, 0) is 37.3 Å². The van der Waals surface area contributed by atoms with Gasteiger partial charge in [-0.3, -0.25) is 10.2 Å². The van der Waals surface area contributed by atoms with Crippen LogP contribution in [0.5, 0.6) is 0 Å². The minimum atomic E-state index is -0.168. The first-order valence-corrected chi connectivity index (χ1v) is 9.30. The van der Waals surface area contributed by atoms with E-state index in [2.05, 4.69) is 15.5 Å². The third-order valence-electron chi connectivity index (χ3n) is 4.44. The Balaban J connectivity index is 1.53. The van der Waals surface area contributed by atoms with Gasteiger partial charge in [-0.15, -0.1) is 11.3 Å². The van der Waals surface area contributed by atoms with E-state index in [1.165, 1.54) is 11.3 Å². The number of carbonyl (C=O) groups is 1. The molecule has 0 radical (unpaired) electrons. The summed E-state index contributed by atoms with van der Waals surface area (Å²) >= 11 is 1.43. The van der Waals surface area contributed by atoms with Crippen LogP contribution < -0.4 is 5.43 Å². The van der Waals surface area contributed by atoms with Gasteiger partial charge in [0.1, 0.15) is 11.2 Å². The number of para-hydroxylation sites is 3. The number of imidazole rings is 1. The van der Waals surface area contributed by atoms with E-state index in [9.17, 15) is 4.79 Å². The molecule has 0 bridgehead atoms. The first kappa shape index (κ1) is 15.8. The molecule has 0 aliphatic heterocycles. The van der Waals surface area contributed by atoms with E-state index in [1.54, 1.807) is 11.0 Å². The molecule has 2 aromatic carbocycles. The predicted octanol–water partition coefficient (Wildman–Crippen LogP) is 4.13. The minimum Gasteiger partial charge on any atom is -0.266 e. The highest BCUT2D eigenvalue weighted by atomic mass is 32.1. The number of hydrogen-bond acceptors (Lipinski definition) is 4. The van der Waals surface area contributed by atoms with E-state index in [4.69, 9.17) is 0 Å². The zero-order valence-corrected chi connectivity index (χ0v) is 15.3. The van der Waals surface area contributed by atoms with Crippen LogP contribution in [0.3, 0.4) is 0 Å². The molecule has 0 aliphatic rings. The highest BCUT2D eigenvalue weighted by Gasteiger charge is 2.17. The largest absolute Gasteiger partial charge is 0.280 e. The Kier molecular flexibility index (Phi) is 3.54. The molecule has 0 saturated carbocycles. The molecule has 0 atom stereocenters. The molecule has 0 spiro atoms. The number of carbonyl (C=O) groups excluding carboxylic acids is 1. The molecule has 6 nitrogen and oxygen atoms in total. The second-order valence-corrected chi connectivity index (χ2v) is 7.24. The second-order valence-electron chi connectivity index (χ2n) is 6.21. The summed E-state index contributed by atoms with van der Waals surface area (Å²) < 4.78 is 3.54. The summed E-state index contributed by atoms with van der Waals surface area (Å²) in [5.41, 5.74) is 6.48. The Morgan fingerprint density at radius 1 is 1.07 bits per heavy atom. The van der Waals surface area contributed by atoms with E-state index < -0.39 is 0 Å². The number of hydrogen-bond donors (Lipinski definition) is 1. The molecular formula is C20H15N5OS. The van der Waals surface area contributed by atoms with Gasteiger partial charge < -0.3 is 0 Å². The molecule has 0 unspecified atom stereocenters. The number of aromatic nitrogens is 4. The summed E-state index contributed by atoms with van der Waals surface area (Å²) in [4.78, 5) is 18.7. The van der Waals surface area contributed by atoms with Crippen LogP contribution in [0.15, 0.2) is 67.0 Å². The maximum atomic E-state index is 12.8. The van der Waals surface area contributed by atoms with Crippen LogP contribution in [0.1, 0.15) is 15.4 Å². The fourth-order valence-corrected chi connectivity index (χ4v) is 4.19. The van der Waals surface area contributed by atoms with E-state index in [1.807, 2.05) is 72.3 Å². The van der Waals surface area contributed by atoms with Gasteiger partial charge in [0.2, 0.25) is 0 Å². The van der Waals surface area contributed by atoms with Gasteiger partial charge in [-0.2, -0.15) is 5.10 Å². The van der Waals surface area contributed by atoms with Gasteiger partial charge in [-0.25, -0.2) is 14.3 Å². The molecule has 0 fully saturated rings. The molecule has 1 N–H and O–H groups in total. The van der Waals surface area contributed by atoms with Crippen molar-refractivity contribution in [1.29, 1.82) is 0 Å². The number of aryl methyl sites for hydroxylation is 1. The van der Waals surface area contributed by atoms with E-state index >= 15 is 0 Å². The van der Waals surface area contributed by atoms with Crippen molar-refractivity contribution >= 4 is 38.5 Å². The van der Waals surface area contributed by atoms with Crippen LogP contribution in [-0.4, -0.2) is 25.3 Å². The summed E-state index contributed by atoms with van der Waals surface area (Å²) in [5.74, 6) is -0.168. The lowest BCUT2D eigenvalue weighted by Crippen LogP contribution is -2.21. The number of fused-ring (bicyclic) bond motifs is 2. The van der Waals surface area contributed by atoms with Crippen LogP contribution in [0.4, 0.5) is 0 Å². The average Bonchev–Trinajstić information content (AvgIpc) is 3.38. The van der Waals surface area contributed by atoms with Crippen molar-refractivity contribution in [3.63, 3.8) is 0 Å². The van der Waals surface area contributed by atoms with Gasteiger partial charge >= 0.3 is 0 Å². The van der Waals surface area contributed by atoms with Crippen molar-refractivity contribution in [1.82, 2.24) is 19.4 Å². The zero-order chi connectivity index (χ0) is 18.4. The number of benzene rings is 2. The molecule has 5 rings (SSSR count). The van der Waals surface area contributed by atoms with Gasteiger partial charge in [0.15, 0.2) is 0 Å². The molecule has 3 aromatic heterocycles. The van der Waals surface area contributed by atoms with E-state index in [-0.39, 0.29) is 5.91 Å². The van der Waals surface area contributed by atoms with Crippen LogP contribution in [0, 0.1) is 6.92 Å². The number of thiophene rings is 1. The normalized spacial score (nSPS) is 11.3. The van der Waals surface area contributed by atoms with Crippen LogP contribution >= 0.6 is 11.3 Å². The standard InChI is InChI=1S/C20H15N5OS/c1-13-15-11-18(27-20(15)25(22-13)14-7-3-2-4-8-14)19(26)23-24-12-21-16-9-5-6-10-17(16)24/h2-12H,1H3,(H,23,26). The SMILES string of the molecule is Cc1nn(-c2ccccc2)c2sc(C(=O)Nn3cnc4ccccc43)cc12. The number of rotatable bonds is 3. The highest BCUT2D eigenvalue weighted by molar-refractivity contribution is 7.20. The van der Waals surface area contributed by atoms with Gasteiger partial charge in [0.25, 0.3) is 5.91 Å². The Morgan fingerprint density at radius 2 is 1.85 bits per heavy atom. The smallest absolute Gasteiger partial charge is 0.266 e. The zero-order valence-electron chi connectivity index (χ0n) is 14.5. The van der Waals surface area contributed by atoms with E-state index in [0.29, 0.717) is 4.88 Å². The predicted molar refractivity (Wildman–Crippen MR) is 107 cm³/mol. The summed E-state index contributed by atoms with van der Waals surface area (Å²) in [7, 11) is 0. The van der Waals surface area contributed by atoms with Gasteiger partial charge in [0.05, 0.1) is 27.3 Å². The summed E-state index contributed by atoms with van der Waals surface area (Å²) in [5, 5.41) is 5.61. The molecular weight excluding hydrogens is 358 g/mol. The van der Waals surface area contributed by atoms with Crippen molar-refractivity contribution in [3.05, 3.63) is 77.6 Å². The van der Waals surface area contributed by atoms with Crippen molar-refractivity contribution in [2.24, 2.45) is 0 Å².